The normalized spacial score (nSPS) is 20.2. The van der Waals surface area contributed by atoms with Gasteiger partial charge in [-0.15, -0.1) is 0 Å². The number of likely N-dealkylation sites (tertiary alicyclic amines) is 1. The highest BCUT2D eigenvalue weighted by Gasteiger charge is 2.35. The van der Waals surface area contributed by atoms with Crippen LogP contribution in [0, 0.1) is 5.92 Å². The fraction of sp³-hybridized carbons (Fsp3) is 0.350. The van der Waals surface area contributed by atoms with E-state index < -0.39 is 10.0 Å². The molecular weight excluding hydrogens is 362 g/mol. The monoisotopic (exact) mass is 387 g/mol. The first-order chi connectivity index (χ1) is 12.8. The highest BCUT2D eigenvalue weighted by atomic mass is 32.2. The van der Waals surface area contributed by atoms with Crippen molar-refractivity contribution in [2.75, 3.05) is 33.7 Å². The Morgan fingerprint density at radius 2 is 1.70 bits per heavy atom. The summed E-state index contributed by atoms with van der Waals surface area (Å²) in [4.78, 5) is 14.9. The zero-order valence-corrected chi connectivity index (χ0v) is 16.4. The minimum atomic E-state index is -3.50. The van der Waals surface area contributed by atoms with E-state index >= 15 is 0 Å². The first-order valence-electron chi connectivity index (χ1n) is 8.91. The largest absolute Gasteiger partial charge is 0.338 e. The maximum absolute atomic E-state index is 12.9. The van der Waals surface area contributed by atoms with Crippen LogP contribution in [0.15, 0.2) is 59.5 Å². The molecule has 0 spiro atoms. The van der Waals surface area contributed by atoms with Gasteiger partial charge >= 0.3 is 0 Å². The zero-order chi connectivity index (χ0) is 19.6. The van der Waals surface area contributed by atoms with Gasteiger partial charge in [0.05, 0.1) is 4.90 Å². The number of hydrogen-bond acceptors (Lipinski definition) is 4. The maximum atomic E-state index is 12.9. The summed E-state index contributed by atoms with van der Waals surface area (Å²) in [7, 11) is -0.541. The summed E-state index contributed by atoms with van der Waals surface area (Å²) in [5, 5.41) is 0. The summed E-state index contributed by atoms with van der Waals surface area (Å²) in [6.45, 7) is 1.73. The van der Waals surface area contributed by atoms with E-state index in [1.54, 1.807) is 12.1 Å². The second-order valence-electron chi connectivity index (χ2n) is 7.03. The number of hydrogen-bond donors (Lipinski definition) is 1. The lowest BCUT2D eigenvalue weighted by atomic mass is 9.89. The van der Waals surface area contributed by atoms with E-state index in [0.717, 1.165) is 4.31 Å². The Kier molecular flexibility index (Phi) is 5.64. The molecule has 0 bridgehead atoms. The van der Waals surface area contributed by atoms with Crippen LogP contribution in [-0.2, 0) is 10.0 Å². The lowest BCUT2D eigenvalue weighted by Crippen LogP contribution is -2.30. The van der Waals surface area contributed by atoms with E-state index in [1.807, 2.05) is 23.1 Å². The third-order valence-electron chi connectivity index (χ3n) is 5.14. The molecule has 1 aliphatic rings. The fourth-order valence-electron chi connectivity index (χ4n) is 3.52. The number of amides is 1. The van der Waals surface area contributed by atoms with Crippen LogP contribution in [-0.4, -0.2) is 57.3 Å². The number of sulfonamides is 1. The van der Waals surface area contributed by atoms with Crippen molar-refractivity contribution in [1.29, 1.82) is 0 Å². The molecule has 144 valence electrons. The van der Waals surface area contributed by atoms with E-state index in [1.165, 1.54) is 31.8 Å². The number of benzene rings is 2. The van der Waals surface area contributed by atoms with Crippen LogP contribution in [0.3, 0.4) is 0 Å². The molecule has 0 aliphatic carbocycles. The van der Waals surface area contributed by atoms with E-state index in [-0.39, 0.29) is 22.6 Å². The van der Waals surface area contributed by atoms with Gasteiger partial charge in [0.1, 0.15) is 0 Å². The Bertz CT molecular complexity index is 896. The Balaban J connectivity index is 1.78. The van der Waals surface area contributed by atoms with Crippen LogP contribution >= 0.6 is 0 Å². The van der Waals surface area contributed by atoms with Gasteiger partial charge in [-0.3, -0.25) is 4.79 Å². The SMILES string of the molecule is CN(C)S(=O)(=O)c1ccc(C(=O)N2C[C@@H](CN)[C@H](c3ccccc3)C2)cc1. The molecule has 2 atom stereocenters. The van der Waals surface area contributed by atoms with E-state index in [0.29, 0.717) is 25.2 Å². The summed E-state index contributed by atoms with van der Waals surface area (Å²) in [5.74, 6) is 0.332. The average molecular weight is 388 g/mol. The minimum Gasteiger partial charge on any atom is -0.338 e. The Labute approximate surface area is 160 Å². The van der Waals surface area contributed by atoms with Crippen molar-refractivity contribution in [2.45, 2.75) is 10.8 Å². The number of nitrogens with two attached hydrogens (primary N) is 1. The van der Waals surface area contributed by atoms with Crippen molar-refractivity contribution in [2.24, 2.45) is 11.7 Å². The molecule has 2 N–H and O–H groups in total. The van der Waals surface area contributed by atoms with Crippen molar-refractivity contribution in [3.05, 3.63) is 65.7 Å². The van der Waals surface area contributed by atoms with Crippen LogP contribution in [0.25, 0.3) is 0 Å². The molecule has 1 amide bonds. The second-order valence-corrected chi connectivity index (χ2v) is 9.19. The van der Waals surface area contributed by atoms with Gasteiger partial charge in [0, 0.05) is 38.7 Å². The number of nitrogens with zero attached hydrogens (tertiary/aromatic N) is 2. The molecule has 0 saturated carbocycles. The molecule has 2 aromatic rings. The second kappa shape index (κ2) is 7.80. The van der Waals surface area contributed by atoms with Gasteiger partial charge < -0.3 is 10.6 Å². The third-order valence-corrected chi connectivity index (χ3v) is 6.97. The van der Waals surface area contributed by atoms with Crippen LogP contribution in [0.1, 0.15) is 21.8 Å². The quantitative estimate of drug-likeness (QED) is 0.847. The summed E-state index contributed by atoms with van der Waals surface area (Å²) >= 11 is 0. The van der Waals surface area contributed by atoms with Crippen LogP contribution in [0.2, 0.25) is 0 Å². The average Bonchev–Trinajstić information content (AvgIpc) is 3.12. The predicted molar refractivity (Wildman–Crippen MR) is 105 cm³/mol. The van der Waals surface area contributed by atoms with Crippen LogP contribution in [0.5, 0.6) is 0 Å². The van der Waals surface area contributed by atoms with Crippen molar-refractivity contribution in [3.63, 3.8) is 0 Å². The highest BCUT2D eigenvalue weighted by molar-refractivity contribution is 7.89. The molecule has 27 heavy (non-hydrogen) atoms. The minimum absolute atomic E-state index is 0.0966. The predicted octanol–water partition coefficient (Wildman–Crippen LogP) is 1.75. The molecule has 3 rings (SSSR count). The summed E-state index contributed by atoms with van der Waals surface area (Å²) in [6, 6.07) is 16.2. The molecule has 1 fully saturated rings. The van der Waals surface area contributed by atoms with Gasteiger partial charge in [-0.2, -0.15) is 0 Å². The van der Waals surface area contributed by atoms with Crippen molar-refractivity contribution in [3.8, 4) is 0 Å². The topological polar surface area (TPSA) is 83.7 Å². The first-order valence-corrected chi connectivity index (χ1v) is 10.4. The Morgan fingerprint density at radius 3 is 2.26 bits per heavy atom. The van der Waals surface area contributed by atoms with Gasteiger partial charge in [-0.1, -0.05) is 30.3 Å². The van der Waals surface area contributed by atoms with Gasteiger partial charge in [0.2, 0.25) is 10.0 Å². The van der Waals surface area contributed by atoms with Gasteiger partial charge in [0.25, 0.3) is 5.91 Å². The Hall–Kier alpha value is -2.22. The molecule has 1 aliphatic heterocycles. The van der Waals surface area contributed by atoms with E-state index in [4.69, 9.17) is 5.73 Å². The number of carbonyl (C=O) groups excluding carboxylic acids is 1. The zero-order valence-electron chi connectivity index (χ0n) is 15.6. The smallest absolute Gasteiger partial charge is 0.253 e. The van der Waals surface area contributed by atoms with E-state index in [9.17, 15) is 13.2 Å². The van der Waals surface area contributed by atoms with Gasteiger partial charge in [-0.05, 0) is 42.3 Å². The highest BCUT2D eigenvalue weighted by Crippen LogP contribution is 2.32. The molecule has 6 nitrogen and oxygen atoms in total. The lowest BCUT2D eigenvalue weighted by Gasteiger charge is -2.17. The van der Waals surface area contributed by atoms with E-state index in [2.05, 4.69) is 12.1 Å². The van der Waals surface area contributed by atoms with Crippen LogP contribution in [0.4, 0.5) is 0 Å². The molecule has 1 saturated heterocycles. The summed E-state index contributed by atoms with van der Waals surface area (Å²) < 4.78 is 25.5. The standard InChI is InChI=1S/C20H25N3O3S/c1-22(2)27(25,26)18-10-8-16(9-11-18)20(24)23-13-17(12-21)19(14-23)15-6-4-3-5-7-15/h3-11,17,19H,12-14,21H2,1-2H3/t17-,19+/m1/s1. The fourth-order valence-corrected chi connectivity index (χ4v) is 4.42. The van der Waals surface area contributed by atoms with Crippen LogP contribution < -0.4 is 5.73 Å². The van der Waals surface area contributed by atoms with Gasteiger partial charge in [-0.25, -0.2) is 12.7 Å². The number of rotatable bonds is 5. The number of carbonyl (C=O) groups is 1. The first kappa shape index (κ1) is 19.5. The molecule has 0 radical (unpaired) electrons. The maximum Gasteiger partial charge on any atom is 0.253 e. The van der Waals surface area contributed by atoms with Gasteiger partial charge in [0.15, 0.2) is 0 Å². The molecule has 0 unspecified atom stereocenters. The molecule has 1 heterocycles. The van der Waals surface area contributed by atoms with Crippen molar-refractivity contribution >= 4 is 15.9 Å². The molecule has 0 aromatic heterocycles. The molecule has 2 aromatic carbocycles. The molecule has 7 heteroatoms. The third kappa shape index (κ3) is 3.90. The summed E-state index contributed by atoms with van der Waals surface area (Å²) in [5.41, 5.74) is 7.62. The van der Waals surface area contributed by atoms with Crippen molar-refractivity contribution < 1.29 is 13.2 Å². The summed E-state index contributed by atoms with van der Waals surface area (Å²) in [6.07, 6.45) is 0. The lowest BCUT2D eigenvalue weighted by molar-refractivity contribution is 0.0786. The Morgan fingerprint density at radius 1 is 1.07 bits per heavy atom. The molecular formula is C20H25N3O3S. The van der Waals surface area contributed by atoms with Crippen molar-refractivity contribution in [1.82, 2.24) is 9.21 Å².